The fraction of sp³-hybridized carbons (Fsp3) is 0.632. The van der Waals surface area contributed by atoms with Crippen molar-refractivity contribution in [2.45, 2.75) is 72.3 Å². The fourth-order valence-corrected chi connectivity index (χ4v) is 3.98. The number of ether oxygens (including phenoxy) is 1. The van der Waals surface area contributed by atoms with Gasteiger partial charge in [-0.25, -0.2) is 9.78 Å². The minimum Gasteiger partial charge on any atom is -0.462 e. The van der Waals surface area contributed by atoms with Gasteiger partial charge in [-0.2, -0.15) is 0 Å². The number of hydrogen-bond donors (Lipinski definition) is 0. The van der Waals surface area contributed by atoms with Gasteiger partial charge in [0.05, 0.1) is 18.3 Å². The molecule has 2 rings (SSSR count). The van der Waals surface area contributed by atoms with Gasteiger partial charge in [-0.1, -0.05) is 45.4 Å². The Hall–Kier alpha value is -1.69. The highest BCUT2D eigenvalue weighted by molar-refractivity contribution is 7.20. The summed E-state index contributed by atoms with van der Waals surface area (Å²) < 4.78 is 6.73. The molecule has 0 bridgehead atoms. The molecule has 0 saturated heterocycles. The largest absolute Gasteiger partial charge is 0.462 e. The molecule has 0 aliphatic rings. The second-order valence-corrected chi connectivity index (χ2v) is 7.32. The van der Waals surface area contributed by atoms with E-state index in [1.54, 1.807) is 24.7 Å². The Balaban J connectivity index is 2.05. The highest BCUT2D eigenvalue weighted by Crippen LogP contribution is 2.27. The molecule has 2 aromatic rings. The number of thiophene rings is 1. The quantitative estimate of drug-likeness (QED) is 0.453. The van der Waals surface area contributed by atoms with E-state index in [0.717, 1.165) is 12.8 Å². The summed E-state index contributed by atoms with van der Waals surface area (Å²) in [6, 6.07) is 0. The molecule has 0 atom stereocenters. The van der Waals surface area contributed by atoms with Crippen LogP contribution in [0.2, 0.25) is 0 Å². The number of rotatable bonds is 10. The van der Waals surface area contributed by atoms with E-state index in [4.69, 9.17) is 4.74 Å². The van der Waals surface area contributed by atoms with E-state index in [9.17, 15) is 9.59 Å². The van der Waals surface area contributed by atoms with E-state index in [1.165, 1.54) is 43.4 Å². The molecular weight excluding hydrogens is 336 g/mol. The Bertz CT molecular complexity index is 764. The molecule has 0 unspecified atom stereocenters. The van der Waals surface area contributed by atoms with Crippen molar-refractivity contribution in [3.8, 4) is 0 Å². The van der Waals surface area contributed by atoms with Crippen LogP contribution in [-0.2, 0) is 11.3 Å². The molecule has 0 N–H and O–H groups in total. The lowest BCUT2D eigenvalue weighted by molar-refractivity contribution is 0.0531. The maximum atomic E-state index is 12.7. The Morgan fingerprint density at radius 3 is 2.52 bits per heavy atom. The van der Waals surface area contributed by atoms with Crippen molar-refractivity contribution in [3.63, 3.8) is 0 Å². The Morgan fingerprint density at radius 2 is 1.84 bits per heavy atom. The van der Waals surface area contributed by atoms with Crippen molar-refractivity contribution in [1.29, 1.82) is 0 Å². The van der Waals surface area contributed by atoms with Crippen molar-refractivity contribution in [1.82, 2.24) is 9.55 Å². The Labute approximate surface area is 153 Å². The third kappa shape index (κ3) is 4.91. The lowest BCUT2D eigenvalue weighted by atomic mass is 10.1. The van der Waals surface area contributed by atoms with Crippen molar-refractivity contribution >= 4 is 27.5 Å². The first-order valence-corrected chi connectivity index (χ1v) is 10.1. The van der Waals surface area contributed by atoms with E-state index in [0.29, 0.717) is 33.8 Å². The second-order valence-electron chi connectivity index (χ2n) is 6.32. The van der Waals surface area contributed by atoms with Crippen LogP contribution in [0, 0.1) is 6.92 Å². The summed E-state index contributed by atoms with van der Waals surface area (Å²) in [5.41, 5.74) is 0.630. The maximum Gasteiger partial charge on any atom is 0.348 e. The van der Waals surface area contributed by atoms with Crippen LogP contribution in [0.25, 0.3) is 10.2 Å². The average molecular weight is 365 g/mol. The van der Waals surface area contributed by atoms with Crippen LogP contribution >= 0.6 is 11.3 Å². The molecule has 0 aliphatic heterocycles. The topological polar surface area (TPSA) is 61.2 Å². The molecule has 0 amide bonds. The van der Waals surface area contributed by atoms with Gasteiger partial charge in [0.1, 0.15) is 9.71 Å². The van der Waals surface area contributed by atoms with Gasteiger partial charge in [0.2, 0.25) is 0 Å². The van der Waals surface area contributed by atoms with Gasteiger partial charge in [0.25, 0.3) is 5.56 Å². The summed E-state index contributed by atoms with van der Waals surface area (Å²) in [6.45, 7) is 6.79. The maximum absolute atomic E-state index is 12.7. The minimum absolute atomic E-state index is 0.0553. The van der Waals surface area contributed by atoms with Gasteiger partial charge >= 0.3 is 5.97 Å². The summed E-state index contributed by atoms with van der Waals surface area (Å²) >= 11 is 1.24. The van der Waals surface area contributed by atoms with Crippen LogP contribution in [0.4, 0.5) is 0 Å². The molecule has 0 aliphatic carbocycles. The third-order valence-electron chi connectivity index (χ3n) is 4.38. The van der Waals surface area contributed by atoms with E-state index in [-0.39, 0.29) is 11.5 Å². The summed E-state index contributed by atoms with van der Waals surface area (Å²) in [5, 5.41) is 0.554. The average Bonchev–Trinajstić information content (AvgIpc) is 2.93. The standard InChI is InChI=1S/C19H28N2O3S/c1-4-6-7-8-9-10-11-12-21-13-20-17-15(18(21)22)14(3)16(25-17)19(23)24-5-2/h13H,4-12H2,1-3H3. The van der Waals surface area contributed by atoms with Crippen LogP contribution in [0.5, 0.6) is 0 Å². The lowest BCUT2D eigenvalue weighted by Gasteiger charge is -2.05. The van der Waals surface area contributed by atoms with E-state index >= 15 is 0 Å². The Kier molecular flexibility index (Phi) is 7.62. The zero-order valence-electron chi connectivity index (χ0n) is 15.5. The van der Waals surface area contributed by atoms with E-state index in [1.807, 2.05) is 0 Å². The molecule has 0 radical (unpaired) electrons. The summed E-state index contributed by atoms with van der Waals surface area (Å²) in [4.78, 5) is 30.2. The fourth-order valence-electron chi connectivity index (χ4n) is 2.95. The number of aromatic nitrogens is 2. The number of nitrogens with zero attached hydrogens (tertiary/aromatic N) is 2. The van der Waals surface area contributed by atoms with Gasteiger partial charge in [0, 0.05) is 6.54 Å². The number of aryl methyl sites for hydroxylation is 2. The SMILES string of the molecule is CCCCCCCCCn1cnc2sc(C(=O)OCC)c(C)c2c1=O. The molecule has 0 fully saturated rings. The molecule has 25 heavy (non-hydrogen) atoms. The number of fused-ring (bicyclic) bond motifs is 1. The highest BCUT2D eigenvalue weighted by atomic mass is 32.1. The molecule has 2 heterocycles. The molecule has 5 nitrogen and oxygen atoms in total. The van der Waals surface area contributed by atoms with Crippen LogP contribution in [0.3, 0.4) is 0 Å². The number of esters is 1. The molecule has 0 aromatic carbocycles. The van der Waals surface area contributed by atoms with E-state index in [2.05, 4.69) is 11.9 Å². The number of carbonyl (C=O) groups excluding carboxylic acids is 1. The summed E-state index contributed by atoms with van der Waals surface area (Å²) in [5.74, 6) is -0.374. The van der Waals surface area contributed by atoms with Crippen LogP contribution < -0.4 is 5.56 Å². The normalized spacial score (nSPS) is 11.2. The number of unbranched alkanes of at least 4 members (excludes halogenated alkanes) is 6. The Morgan fingerprint density at radius 1 is 1.16 bits per heavy atom. The van der Waals surface area contributed by atoms with Gasteiger partial charge in [-0.15, -0.1) is 11.3 Å². The molecule has 2 aromatic heterocycles. The van der Waals surface area contributed by atoms with Crippen LogP contribution in [0.15, 0.2) is 11.1 Å². The smallest absolute Gasteiger partial charge is 0.348 e. The molecule has 0 spiro atoms. The summed E-state index contributed by atoms with van der Waals surface area (Å²) in [7, 11) is 0. The van der Waals surface area contributed by atoms with Gasteiger partial charge in [0.15, 0.2) is 0 Å². The first-order chi connectivity index (χ1) is 12.1. The zero-order chi connectivity index (χ0) is 18.2. The summed E-state index contributed by atoms with van der Waals surface area (Å²) in [6.07, 6.45) is 10.1. The van der Waals surface area contributed by atoms with Crippen molar-refractivity contribution < 1.29 is 9.53 Å². The monoisotopic (exact) mass is 364 g/mol. The predicted molar refractivity (Wildman–Crippen MR) is 103 cm³/mol. The van der Waals surface area contributed by atoms with Crippen molar-refractivity contribution in [3.05, 3.63) is 27.1 Å². The van der Waals surface area contributed by atoms with Crippen molar-refractivity contribution in [2.75, 3.05) is 6.61 Å². The molecule has 6 heteroatoms. The first kappa shape index (κ1) is 19.6. The van der Waals surface area contributed by atoms with Crippen molar-refractivity contribution in [2.24, 2.45) is 0 Å². The lowest BCUT2D eigenvalue weighted by Crippen LogP contribution is -2.20. The number of carbonyl (C=O) groups is 1. The second kappa shape index (κ2) is 9.70. The predicted octanol–water partition coefficient (Wildman–Crippen LogP) is 4.69. The molecular formula is C19H28N2O3S. The first-order valence-electron chi connectivity index (χ1n) is 9.25. The van der Waals surface area contributed by atoms with Crippen LogP contribution in [-0.4, -0.2) is 22.1 Å². The number of hydrogen-bond acceptors (Lipinski definition) is 5. The zero-order valence-corrected chi connectivity index (χ0v) is 16.3. The molecule has 0 saturated carbocycles. The van der Waals surface area contributed by atoms with E-state index < -0.39 is 0 Å². The van der Waals surface area contributed by atoms with Gasteiger partial charge in [-0.3, -0.25) is 9.36 Å². The van der Waals surface area contributed by atoms with Gasteiger partial charge in [-0.05, 0) is 25.8 Å². The molecule has 138 valence electrons. The minimum atomic E-state index is -0.374. The van der Waals surface area contributed by atoms with Gasteiger partial charge < -0.3 is 4.74 Å². The third-order valence-corrected chi connectivity index (χ3v) is 5.56. The highest BCUT2D eigenvalue weighted by Gasteiger charge is 2.20. The van der Waals surface area contributed by atoms with Crippen LogP contribution in [0.1, 0.15) is 74.0 Å².